The van der Waals surface area contributed by atoms with Crippen LogP contribution in [0.25, 0.3) is 0 Å². The Labute approximate surface area is 236 Å². The summed E-state index contributed by atoms with van der Waals surface area (Å²) in [5.41, 5.74) is 2.86. The van der Waals surface area contributed by atoms with Crippen molar-refractivity contribution in [3.8, 4) is 5.75 Å². The Bertz CT molecular complexity index is 1180. The Balaban J connectivity index is 1.81. The normalized spacial score (nSPS) is 11.7. The lowest BCUT2D eigenvalue weighted by atomic mass is 10.0. The quantitative estimate of drug-likeness (QED) is 0.234. The lowest BCUT2D eigenvalue weighted by Crippen LogP contribution is -2.51. The van der Waals surface area contributed by atoms with Gasteiger partial charge in [0.05, 0.1) is 6.61 Å². The van der Waals surface area contributed by atoms with Crippen molar-refractivity contribution in [3.63, 3.8) is 0 Å². The highest BCUT2D eigenvalue weighted by atomic mass is 35.5. The summed E-state index contributed by atoms with van der Waals surface area (Å²) >= 11 is 12.6. The molecule has 0 heterocycles. The van der Waals surface area contributed by atoms with E-state index in [2.05, 4.69) is 5.32 Å². The van der Waals surface area contributed by atoms with E-state index in [0.717, 1.165) is 22.4 Å². The fraction of sp³-hybridized carbons (Fsp3) is 0.355. The zero-order chi connectivity index (χ0) is 27.5. The maximum atomic E-state index is 13.7. The third-order valence-corrected chi connectivity index (χ3v) is 6.72. The predicted octanol–water partition coefficient (Wildman–Crippen LogP) is 6.87. The molecule has 0 aromatic heterocycles. The number of hydrogen-bond donors (Lipinski definition) is 1. The lowest BCUT2D eigenvalue weighted by molar-refractivity contribution is -0.141. The van der Waals surface area contributed by atoms with E-state index in [-0.39, 0.29) is 30.7 Å². The fourth-order valence-electron chi connectivity index (χ4n) is 4.00. The van der Waals surface area contributed by atoms with Crippen molar-refractivity contribution in [1.82, 2.24) is 10.2 Å². The molecule has 5 nitrogen and oxygen atoms in total. The molecule has 0 saturated carbocycles. The molecule has 0 bridgehead atoms. The zero-order valence-electron chi connectivity index (χ0n) is 22.3. The molecular formula is C31H36Cl2N2O3. The van der Waals surface area contributed by atoms with Gasteiger partial charge >= 0.3 is 0 Å². The molecule has 0 unspecified atom stereocenters. The lowest BCUT2D eigenvalue weighted by Gasteiger charge is -2.32. The van der Waals surface area contributed by atoms with Crippen molar-refractivity contribution in [3.05, 3.63) is 99.5 Å². The molecule has 3 rings (SSSR count). The minimum atomic E-state index is -0.701. The van der Waals surface area contributed by atoms with Crippen LogP contribution in [0, 0.1) is 12.8 Å². The number of nitrogens with one attached hydrogen (secondary N) is 1. The number of hydrogen-bond acceptors (Lipinski definition) is 3. The van der Waals surface area contributed by atoms with Crippen LogP contribution in [0.2, 0.25) is 10.0 Å². The van der Waals surface area contributed by atoms with Crippen LogP contribution in [0.5, 0.6) is 5.75 Å². The summed E-state index contributed by atoms with van der Waals surface area (Å²) in [6.07, 6.45) is 1.14. The SMILES string of the molecule is Cc1ccc(OCCCC(=O)N(Cc2ccc(Cl)cc2Cl)[C@@H](Cc2ccccc2)C(=O)NCC(C)C)cc1. The number of ether oxygens (including phenoxy) is 1. The van der Waals surface area contributed by atoms with Gasteiger partial charge in [0, 0.05) is 36.0 Å². The van der Waals surface area contributed by atoms with Crippen molar-refractivity contribution in [2.24, 2.45) is 5.92 Å². The molecule has 38 heavy (non-hydrogen) atoms. The van der Waals surface area contributed by atoms with Gasteiger partial charge < -0.3 is 15.0 Å². The molecule has 0 aliphatic carbocycles. The van der Waals surface area contributed by atoms with Gasteiger partial charge in [-0.25, -0.2) is 0 Å². The second kappa shape index (κ2) is 14.8. The number of halogens is 2. The number of nitrogens with zero attached hydrogens (tertiary/aromatic N) is 1. The maximum absolute atomic E-state index is 13.7. The monoisotopic (exact) mass is 554 g/mol. The van der Waals surface area contributed by atoms with E-state index in [1.54, 1.807) is 23.1 Å². The van der Waals surface area contributed by atoms with Crippen LogP contribution >= 0.6 is 23.2 Å². The van der Waals surface area contributed by atoms with Gasteiger partial charge in [0.25, 0.3) is 0 Å². The number of amides is 2. The number of carbonyl (C=O) groups is 2. The summed E-state index contributed by atoms with van der Waals surface area (Å²) in [6.45, 7) is 7.22. The van der Waals surface area contributed by atoms with Crippen LogP contribution < -0.4 is 10.1 Å². The van der Waals surface area contributed by atoms with Gasteiger partial charge in [-0.15, -0.1) is 0 Å². The van der Waals surface area contributed by atoms with E-state index in [4.69, 9.17) is 27.9 Å². The first-order valence-electron chi connectivity index (χ1n) is 13.0. The van der Waals surface area contributed by atoms with Crippen LogP contribution in [-0.4, -0.2) is 35.9 Å². The molecule has 1 N–H and O–H groups in total. The van der Waals surface area contributed by atoms with Crippen LogP contribution in [-0.2, 0) is 22.6 Å². The molecule has 0 aliphatic rings. The smallest absolute Gasteiger partial charge is 0.243 e. The van der Waals surface area contributed by atoms with Gasteiger partial charge in [0.1, 0.15) is 11.8 Å². The summed E-state index contributed by atoms with van der Waals surface area (Å²) in [4.78, 5) is 28.8. The second-order valence-electron chi connectivity index (χ2n) is 9.87. The van der Waals surface area contributed by atoms with Crippen LogP contribution in [0.1, 0.15) is 43.4 Å². The first-order chi connectivity index (χ1) is 18.2. The molecule has 7 heteroatoms. The minimum Gasteiger partial charge on any atom is -0.494 e. The fourth-order valence-corrected chi connectivity index (χ4v) is 4.47. The van der Waals surface area contributed by atoms with E-state index < -0.39 is 6.04 Å². The van der Waals surface area contributed by atoms with Gasteiger partial charge in [0.2, 0.25) is 11.8 Å². The Morgan fingerprint density at radius 2 is 1.68 bits per heavy atom. The molecule has 0 radical (unpaired) electrons. The predicted molar refractivity (Wildman–Crippen MR) is 155 cm³/mol. The summed E-state index contributed by atoms with van der Waals surface area (Å²) in [6, 6.07) is 22.0. The van der Waals surface area contributed by atoms with Crippen molar-refractivity contribution in [1.29, 1.82) is 0 Å². The highest BCUT2D eigenvalue weighted by Gasteiger charge is 2.30. The summed E-state index contributed by atoms with van der Waals surface area (Å²) in [5, 5.41) is 4.00. The third kappa shape index (κ3) is 9.38. The Hall–Kier alpha value is -3.02. The van der Waals surface area contributed by atoms with Gasteiger partial charge in [-0.2, -0.15) is 0 Å². The largest absolute Gasteiger partial charge is 0.494 e. The van der Waals surface area contributed by atoms with Crippen molar-refractivity contribution < 1.29 is 14.3 Å². The number of carbonyl (C=O) groups excluding carboxylic acids is 2. The molecule has 0 spiro atoms. The first-order valence-corrected chi connectivity index (χ1v) is 13.7. The molecule has 1 atom stereocenters. The van der Waals surface area contributed by atoms with E-state index in [0.29, 0.717) is 36.0 Å². The Kier molecular flexibility index (Phi) is 11.5. The van der Waals surface area contributed by atoms with E-state index >= 15 is 0 Å². The van der Waals surface area contributed by atoms with Gasteiger partial charge in [-0.1, -0.05) is 91.1 Å². The topological polar surface area (TPSA) is 58.6 Å². The molecule has 0 saturated heterocycles. The number of rotatable bonds is 13. The molecule has 3 aromatic carbocycles. The Morgan fingerprint density at radius 3 is 2.34 bits per heavy atom. The van der Waals surface area contributed by atoms with Crippen LogP contribution in [0.3, 0.4) is 0 Å². The van der Waals surface area contributed by atoms with Crippen LogP contribution in [0.15, 0.2) is 72.8 Å². The average molecular weight is 556 g/mol. The molecule has 3 aromatic rings. The van der Waals surface area contributed by atoms with Crippen molar-refractivity contribution in [2.45, 2.75) is 52.6 Å². The second-order valence-corrected chi connectivity index (χ2v) is 10.7. The molecular weight excluding hydrogens is 519 g/mol. The first kappa shape index (κ1) is 29.5. The van der Waals surface area contributed by atoms with E-state index in [1.807, 2.05) is 75.4 Å². The third-order valence-electron chi connectivity index (χ3n) is 6.14. The zero-order valence-corrected chi connectivity index (χ0v) is 23.8. The van der Waals surface area contributed by atoms with Crippen molar-refractivity contribution >= 4 is 35.0 Å². The van der Waals surface area contributed by atoms with Crippen molar-refractivity contribution in [2.75, 3.05) is 13.2 Å². The van der Waals surface area contributed by atoms with E-state index in [9.17, 15) is 9.59 Å². The Morgan fingerprint density at radius 1 is 0.974 bits per heavy atom. The maximum Gasteiger partial charge on any atom is 0.243 e. The number of benzene rings is 3. The highest BCUT2D eigenvalue weighted by Crippen LogP contribution is 2.25. The van der Waals surface area contributed by atoms with Crippen LogP contribution in [0.4, 0.5) is 0 Å². The summed E-state index contributed by atoms with van der Waals surface area (Å²) in [7, 11) is 0. The summed E-state index contributed by atoms with van der Waals surface area (Å²) < 4.78 is 5.82. The molecule has 2 amide bonds. The molecule has 0 aliphatic heterocycles. The molecule has 202 valence electrons. The minimum absolute atomic E-state index is 0.135. The van der Waals surface area contributed by atoms with Gasteiger partial charge in [-0.3, -0.25) is 9.59 Å². The standard InChI is InChI=1S/C31H36Cl2N2O3/c1-22(2)20-34-31(37)29(18-24-8-5-4-6-9-24)35(21-25-13-14-26(32)19-28(25)33)30(36)10-7-17-38-27-15-11-23(3)12-16-27/h4-6,8-9,11-16,19,22,29H,7,10,17-18,20-21H2,1-3H3,(H,34,37)/t29-/m0/s1. The average Bonchev–Trinajstić information content (AvgIpc) is 2.89. The van der Waals surface area contributed by atoms with E-state index in [1.165, 1.54) is 0 Å². The summed E-state index contributed by atoms with van der Waals surface area (Å²) in [5.74, 6) is 0.731. The van der Waals surface area contributed by atoms with Gasteiger partial charge in [-0.05, 0) is 54.7 Å². The highest BCUT2D eigenvalue weighted by molar-refractivity contribution is 6.35. The molecule has 0 fully saturated rings. The number of aryl methyl sites for hydroxylation is 1. The van der Waals surface area contributed by atoms with Gasteiger partial charge in [0.15, 0.2) is 0 Å².